The van der Waals surface area contributed by atoms with Gasteiger partial charge in [-0.25, -0.2) is 15.0 Å². The summed E-state index contributed by atoms with van der Waals surface area (Å²) in [4.78, 5) is 16.8. The van der Waals surface area contributed by atoms with Crippen LogP contribution in [0.1, 0.15) is 0 Å². The molecule has 31 heavy (non-hydrogen) atoms. The van der Waals surface area contributed by atoms with E-state index in [1.807, 2.05) is 77.7 Å². The third kappa shape index (κ3) is 3.15. The maximum atomic E-state index is 4.93. The smallest absolute Gasteiger partial charge is 0.140 e. The molecule has 0 atom stereocenters. The second-order valence-corrected chi connectivity index (χ2v) is 7.42. The molecule has 0 saturated heterocycles. The number of nitrogens with zero attached hydrogens (tertiary/aromatic N) is 4. The van der Waals surface area contributed by atoms with Crippen LogP contribution in [-0.4, -0.2) is 15.0 Å². The molecule has 4 heteroatoms. The minimum absolute atomic E-state index is 0.782. The van der Waals surface area contributed by atoms with Gasteiger partial charge in [0.25, 0.3) is 0 Å². The monoisotopic (exact) mass is 398 g/mol. The molecule has 6 aromatic rings. The lowest BCUT2D eigenvalue weighted by molar-refractivity contribution is 1.12. The SMILES string of the molecule is c1ccc2nc(N(c3ccc4ccccc4n3)c3ccc4ccccc4n3)ccc2c1. The molecular weight excluding hydrogens is 380 g/mol. The molecule has 146 valence electrons. The van der Waals surface area contributed by atoms with Crippen LogP contribution in [0.5, 0.6) is 0 Å². The summed E-state index contributed by atoms with van der Waals surface area (Å²) in [6.07, 6.45) is 0. The Bertz CT molecular complexity index is 1370. The number of hydrogen-bond acceptors (Lipinski definition) is 4. The molecule has 0 bridgehead atoms. The Morgan fingerprint density at radius 3 is 1.03 bits per heavy atom. The van der Waals surface area contributed by atoms with Crippen LogP contribution in [0.4, 0.5) is 17.5 Å². The zero-order chi connectivity index (χ0) is 20.6. The average Bonchev–Trinajstić information content (AvgIpc) is 2.84. The molecule has 3 heterocycles. The van der Waals surface area contributed by atoms with Crippen molar-refractivity contribution in [1.29, 1.82) is 0 Å². The minimum Gasteiger partial charge on any atom is -0.262 e. The predicted molar refractivity (Wildman–Crippen MR) is 127 cm³/mol. The van der Waals surface area contributed by atoms with E-state index in [0.29, 0.717) is 0 Å². The van der Waals surface area contributed by atoms with Gasteiger partial charge in [-0.1, -0.05) is 54.6 Å². The molecule has 6 rings (SSSR count). The van der Waals surface area contributed by atoms with Crippen LogP contribution in [-0.2, 0) is 0 Å². The number of hydrogen-bond donors (Lipinski definition) is 0. The Kier molecular flexibility index (Phi) is 4.06. The van der Waals surface area contributed by atoms with E-state index in [-0.39, 0.29) is 0 Å². The summed E-state index contributed by atoms with van der Waals surface area (Å²) in [5.41, 5.74) is 2.81. The van der Waals surface area contributed by atoms with Crippen molar-refractivity contribution in [2.75, 3.05) is 4.90 Å². The Morgan fingerprint density at radius 1 is 0.355 bits per heavy atom. The summed E-state index contributed by atoms with van der Waals surface area (Å²) < 4.78 is 0. The topological polar surface area (TPSA) is 41.9 Å². The Hall–Kier alpha value is -4.31. The summed E-state index contributed by atoms with van der Waals surface area (Å²) in [6.45, 7) is 0. The summed E-state index contributed by atoms with van der Waals surface area (Å²) in [6, 6.07) is 36.7. The summed E-state index contributed by atoms with van der Waals surface area (Å²) in [5, 5.41) is 3.30. The van der Waals surface area contributed by atoms with Gasteiger partial charge in [0.05, 0.1) is 16.6 Å². The number of fused-ring (bicyclic) bond motifs is 3. The van der Waals surface area contributed by atoms with Crippen molar-refractivity contribution in [2.24, 2.45) is 0 Å². The third-order valence-corrected chi connectivity index (χ3v) is 5.44. The van der Waals surface area contributed by atoms with Crippen LogP contribution in [0.2, 0.25) is 0 Å². The second kappa shape index (κ2) is 7.18. The molecule has 0 saturated carbocycles. The number of benzene rings is 3. The zero-order valence-corrected chi connectivity index (χ0v) is 16.7. The molecule has 3 aromatic carbocycles. The van der Waals surface area contributed by atoms with Gasteiger partial charge < -0.3 is 0 Å². The molecule has 0 amide bonds. The van der Waals surface area contributed by atoms with Crippen LogP contribution in [0.15, 0.2) is 109 Å². The molecule has 0 aliphatic heterocycles. The Labute approximate surface area is 179 Å². The van der Waals surface area contributed by atoms with Gasteiger partial charge in [0, 0.05) is 16.2 Å². The molecule has 4 nitrogen and oxygen atoms in total. The molecule has 0 N–H and O–H groups in total. The van der Waals surface area contributed by atoms with Crippen molar-refractivity contribution in [3.8, 4) is 0 Å². The van der Waals surface area contributed by atoms with Crippen molar-refractivity contribution in [3.63, 3.8) is 0 Å². The van der Waals surface area contributed by atoms with Gasteiger partial charge >= 0.3 is 0 Å². The molecule has 0 radical (unpaired) electrons. The van der Waals surface area contributed by atoms with E-state index in [1.54, 1.807) is 0 Å². The highest BCUT2D eigenvalue weighted by atomic mass is 15.3. The molecule has 3 aromatic heterocycles. The Morgan fingerprint density at radius 2 is 0.677 bits per heavy atom. The average molecular weight is 398 g/mol. The van der Waals surface area contributed by atoms with Crippen molar-refractivity contribution in [3.05, 3.63) is 109 Å². The van der Waals surface area contributed by atoms with Gasteiger partial charge in [0.2, 0.25) is 0 Å². The molecular formula is C27H18N4. The standard InChI is InChI=1S/C27H18N4/c1-4-10-22-19(7-1)13-16-25(28-22)31(26-17-14-20-8-2-5-11-23(20)29-26)27-18-15-21-9-3-6-12-24(21)30-27/h1-18H. The lowest BCUT2D eigenvalue weighted by Gasteiger charge is -2.23. The van der Waals surface area contributed by atoms with E-state index >= 15 is 0 Å². The predicted octanol–water partition coefficient (Wildman–Crippen LogP) is 6.80. The van der Waals surface area contributed by atoms with Crippen LogP contribution in [0.25, 0.3) is 32.7 Å². The van der Waals surface area contributed by atoms with Crippen LogP contribution in [0.3, 0.4) is 0 Å². The van der Waals surface area contributed by atoms with Gasteiger partial charge in [-0.3, -0.25) is 4.90 Å². The van der Waals surface area contributed by atoms with Crippen molar-refractivity contribution in [2.45, 2.75) is 0 Å². The number of pyridine rings is 3. The molecule has 0 unspecified atom stereocenters. The van der Waals surface area contributed by atoms with Crippen LogP contribution >= 0.6 is 0 Å². The first-order valence-corrected chi connectivity index (χ1v) is 10.2. The van der Waals surface area contributed by atoms with Gasteiger partial charge in [-0.2, -0.15) is 0 Å². The fraction of sp³-hybridized carbons (Fsp3) is 0. The zero-order valence-electron chi connectivity index (χ0n) is 16.7. The summed E-state index contributed by atoms with van der Waals surface area (Å²) in [5.74, 6) is 2.35. The largest absolute Gasteiger partial charge is 0.262 e. The van der Waals surface area contributed by atoms with Crippen molar-refractivity contribution < 1.29 is 0 Å². The van der Waals surface area contributed by atoms with E-state index < -0.39 is 0 Å². The lowest BCUT2D eigenvalue weighted by Crippen LogP contribution is -2.14. The minimum atomic E-state index is 0.782. The maximum absolute atomic E-state index is 4.93. The van der Waals surface area contributed by atoms with Crippen LogP contribution < -0.4 is 4.90 Å². The van der Waals surface area contributed by atoms with Gasteiger partial charge in [-0.05, 0) is 54.6 Å². The highest BCUT2D eigenvalue weighted by Gasteiger charge is 2.17. The maximum Gasteiger partial charge on any atom is 0.140 e. The van der Waals surface area contributed by atoms with E-state index in [9.17, 15) is 0 Å². The van der Waals surface area contributed by atoms with Crippen molar-refractivity contribution >= 4 is 50.2 Å². The molecule has 0 spiro atoms. The summed E-state index contributed by atoms with van der Waals surface area (Å²) in [7, 11) is 0. The fourth-order valence-corrected chi connectivity index (χ4v) is 3.89. The first-order valence-electron chi connectivity index (χ1n) is 10.2. The number of para-hydroxylation sites is 3. The third-order valence-electron chi connectivity index (χ3n) is 5.44. The first kappa shape index (κ1) is 17.5. The van der Waals surface area contributed by atoms with Crippen molar-refractivity contribution in [1.82, 2.24) is 15.0 Å². The van der Waals surface area contributed by atoms with Gasteiger partial charge in [0.15, 0.2) is 0 Å². The van der Waals surface area contributed by atoms with Crippen LogP contribution in [0, 0.1) is 0 Å². The molecule has 0 aliphatic carbocycles. The molecule has 0 aliphatic rings. The number of aromatic nitrogens is 3. The number of rotatable bonds is 3. The highest BCUT2D eigenvalue weighted by molar-refractivity contribution is 5.87. The summed E-state index contributed by atoms with van der Waals surface area (Å²) >= 11 is 0. The normalized spacial score (nSPS) is 11.2. The second-order valence-electron chi connectivity index (χ2n) is 7.42. The fourth-order valence-electron chi connectivity index (χ4n) is 3.89. The van der Waals surface area contributed by atoms with E-state index in [1.165, 1.54) is 0 Å². The first-order chi connectivity index (χ1) is 15.3. The highest BCUT2D eigenvalue weighted by Crippen LogP contribution is 2.33. The van der Waals surface area contributed by atoms with E-state index in [2.05, 4.69) is 36.4 Å². The lowest BCUT2D eigenvalue weighted by atomic mass is 10.2. The van der Waals surface area contributed by atoms with Gasteiger partial charge in [-0.15, -0.1) is 0 Å². The Balaban J connectivity index is 1.59. The quantitative estimate of drug-likeness (QED) is 0.329. The molecule has 0 fully saturated rings. The van der Waals surface area contributed by atoms with E-state index in [0.717, 1.165) is 50.2 Å². The number of anilines is 3. The van der Waals surface area contributed by atoms with E-state index in [4.69, 9.17) is 15.0 Å². The van der Waals surface area contributed by atoms with Gasteiger partial charge in [0.1, 0.15) is 17.5 Å².